The molecule has 220 valence electrons. The van der Waals surface area contributed by atoms with Gasteiger partial charge in [-0.1, -0.05) is 19.1 Å². The lowest BCUT2D eigenvalue weighted by molar-refractivity contribution is -0.142. The maximum Gasteiger partial charge on any atom is 0.243 e. The van der Waals surface area contributed by atoms with Gasteiger partial charge in [-0.05, 0) is 63.4 Å². The van der Waals surface area contributed by atoms with Crippen molar-refractivity contribution >= 4 is 27.5 Å². The van der Waals surface area contributed by atoms with E-state index >= 15 is 0 Å². The summed E-state index contributed by atoms with van der Waals surface area (Å²) in [5, 5.41) is 2.99. The van der Waals surface area contributed by atoms with Crippen molar-refractivity contribution in [1.82, 2.24) is 10.2 Å². The van der Waals surface area contributed by atoms with Gasteiger partial charge in [0.05, 0.1) is 19.1 Å². The van der Waals surface area contributed by atoms with Crippen molar-refractivity contribution in [3.05, 3.63) is 48.0 Å². The van der Waals surface area contributed by atoms with Crippen LogP contribution in [0.25, 0.3) is 0 Å². The number of nitrogens with one attached hydrogen (secondary N) is 1. The molecular weight excluding hydrogens is 534 g/mol. The van der Waals surface area contributed by atoms with E-state index in [9.17, 15) is 18.0 Å². The van der Waals surface area contributed by atoms with E-state index in [2.05, 4.69) is 5.32 Å². The van der Waals surface area contributed by atoms with Crippen LogP contribution in [0.1, 0.15) is 52.5 Å². The molecule has 1 heterocycles. The molecule has 1 N–H and O–H groups in total. The average Bonchev–Trinajstić information content (AvgIpc) is 2.89. The number of amides is 2. The van der Waals surface area contributed by atoms with E-state index in [-0.39, 0.29) is 37.7 Å². The Morgan fingerprint density at radius 1 is 1.07 bits per heavy atom. The summed E-state index contributed by atoms with van der Waals surface area (Å²) < 4.78 is 43.1. The third-order valence-electron chi connectivity index (χ3n) is 6.34. The van der Waals surface area contributed by atoms with E-state index in [4.69, 9.17) is 14.2 Å². The minimum absolute atomic E-state index is 0.0554. The normalized spacial score (nSPS) is 13.8. The van der Waals surface area contributed by atoms with Gasteiger partial charge in [-0.25, -0.2) is 8.42 Å². The summed E-state index contributed by atoms with van der Waals surface area (Å²) in [7, 11) is -2.07. The molecule has 0 radical (unpaired) electrons. The molecule has 0 bridgehead atoms. The van der Waals surface area contributed by atoms with E-state index in [0.717, 1.165) is 11.8 Å². The topological polar surface area (TPSA) is 114 Å². The van der Waals surface area contributed by atoms with Crippen LogP contribution < -0.4 is 23.8 Å². The number of benzene rings is 2. The number of ether oxygens (including phenoxy) is 3. The smallest absolute Gasteiger partial charge is 0.243 e. The molecule has 0 fully saturated rings. The zero-order chi connectivity index (χ0) is 29.5. The van der Waals surface area contributed by atoms with Crippen molar-refractivity contribution in [1.29, 1.82) is 0 Å². The molecule has 2 amide bonds. The lowest BCUT2D eigenvalue weighted by Gasteiger charge is -2.33. The lowest BCUT2D eigenvalue weighted by atomic mass is 10.0. The maximum atomic E-state index is 13.6. The lowest BCUT2D eigenvalue weighted by Crippen LogP contribution is -2.53. The second-order valence-corrected chi connectivity index (χ2v) is 12.7. The van der Waals surface area contributed by atoms with Crippen molar-refractivity contribution in [2.75, 3.05) is 37.4 Å². The average molecular weight is 576 g/mol. The molecule has 0 saturated carbocycles. The molecule has 0 aromatic heterocycles. The number of hydrogen-bond donors (Lipinski definition) is 1. The predicted octanol–water partition coefficient (Wildman–Crippen LogP) is 3.73. The number of carbonyl (C=O) groups excluding carboxylic acids is 2. The number of hydrogen-bond acceptors (Lipinski definition) is 7. The molecule has 0 aliphatic carbocycles. The summed E-state index contributed by atoms with van der Waals surface area (Å²) in [5.41, 5.74) is 0.793. The molecule has 2 aromatic carbocycles. The van der Waals surface area contributed by atoms with E-state index in [1.54, 1.807) is 30.2 Å². The zero-order valence-corrected chi connectivity index (χ0v) is 25.0. The van der Waals surface area contributed by atoms with Crippen LogP contribution in [0.15, 0.2) is 42.5 Å². The standard InChI is InChI=1S/C29H41N3O7S/c1-7-24(28(34)30-29(2,3)4)31(20-21-10-8-11-23(18-21)37-5)27(33)12-9-15-32(40(6,35)36)22-13-14-25-26(19-22)39-17-16-38-25/h8,10-11,13-14,18-19,24H,7,9,12,15-17,20H2,1-6H3,(H,30,34)/t24-/m0/s1. The van der Waals surface area contributed by atoms with Crippen LogP contribution >= 0.6 is 0 Å². The molecule has 10 nitrogen and oxygen atoms in total. The molecule has 3 rings (SSSR count). The molecule has 1 aliphatic rings. The molecule has 11 heteroatoms. The van der Waals surface area contributed by atoms with Crippen molar-refractivity contribution in [3.63, 3.8) is 0 Å². The highest BCUT2D eigenvalue weighted by Gasteiger charge is 2.31. The minimum Gasteiger partial charge on any atom is -0.497 e. The van der Waals surface area contributed by atoms with E-state index < -0.39 is 21.6 Å². The fourth-order valence-corrected chi connectivity index (χ4v) is 5.49. The molecule has 40 heavy (non-hydrogen) atoms. The number of sulfonamides is 1. The van der Waals surface area contributed by atoms with E-state index in [1.807, 2.05) is 52.0 Å². The number of methoxy groups -OCH3 is 1. The first-order valence-electron chi connectivity index (χ1n) is 13.4. The largest absolute Gasteiger partial charge is 0.497 e. The third-order valence-corrected chi connectivity index (χ3v) is 7.53. The van der Waals surface area contributed by atoms with Gasteiger partial charge in [-0.3, -0.25) is 13.9 Å². The summed E-state index contributed by atoms with van der Waals surface area (Å²) in [5.74, 6) is 1.22. The van der Waals surface area contributed by atoms with Gasteiger partial charge in [0.15, 0.2) is 11.5 Å². The maximum absolute atomic E-state index is 13.6. The van der Waals surface area contributed by atoms with Crippen LogP contribution in [0.5, 0.6) is 17.2 Å². The summed E-state index contributed by atoms with van der Waals surface area (Å²) >= 11 is 0. The van der Waals surface area contributed by atoms with Gasteiger partial charge in [0.1, 0.15) is 25.0 Å². The van der Waals surface area contributed by atoms with Crippen LogP contribution in [-0.4, -0.2) is 69.8 Å². The summed E-state index contributed by atoms with van der Waals surface area (Å²) in [6, 6.07) is 11.7. The van der Waals surface area contributed by atoms with Gasteiger partial charge in [0.2, 0.25) is 21.8 Å². The van der Waals surface area contributed by atoms with Gasteiger partial charge in [0.25, 0.3) is 0 Å². The Kier molecular flexibility index (Phi) is 10.3. The van der Waals surface area contributed by atoms with Gasteiger partial charge < -0.3 is 24.4 Å². The monoisotopic (exact) mass is 575 g/mol. The molecule has 0 unspecified atom stereocenters. The molecule has 1 aliphatic heterocycles. The van der Waals surface area contributed by atoms with Crippen LogP contribution in [0.2, 0.25) is 0 Å². The number of fused-ring (bicyclic) bond motifs is 1. The first-order chi connectivity index (χ1) is 18.8. The number of anilines is 1. The number of nitrogens with zero attached hydrogens (tertiary/aromatic N) is 2. The third kappa shape index (κ3) is 8.51. The highest BCUT2D eigenvalue weighted by atomic mass is 32.2. The van der Waals surface area contributed by atoms with Crippen LogP contribution in [0.3, 0.4) is 0 Å². The SMILES string of the molecule is CC[C@@H](C(=O)NC(C)(C)C)N(Cc1cccc(OC)c1)C(=O)CCCN(c1ccc2c(c1)OCCO2)S(C)(=O)=O. The van der Waals surface area contributed by atoms with Crippen molar-refractivity contribution in [3.8, 4) is 17.2 Å². The Bertz CT molecular complexity index is 1290. The highest BCUT2D eigenvalue weighted by molar-refractivity contribution is 7.92. The molecular formula is C29H41N3O7S. The van der Waals surface area contributed by atoms with Crippen LogP contribution in [0.4, 0.5) is 5.69 Å². The minimum atomic E-state index is -3.64. The number of carbonyl (C=O) groups is 2. The Hall–Kier alpha value is -3.47. The molecule has 1 atom stereocenters. The molecule has 2 aromatic rings. The zero-order valence-electron chi connectivity index (χ0n) is 24.2. The van der Waals surface area contributed by atoms with Crippen LogP contribution in [0, 0.1) is 0 Å². The van der Waals surface area contributed by atoms with E-state index in [1.165, 1.54) is 4.31 Å². The first kappa shape index (κ1) is 31.1. The van der Waals surface area contributed by atoms with Gasteiger partial charge in [-0.15, -0.1) is 0 Å². The summed E-state index contributed by atoms with van der Waals surface area (Å²) in [6.45, 7) is 8.66. The molecule has 0 saturated heterocycles. The Labute approximate surface area is 237 Å². The Morgan fingerprint density at radius 2 is 1.77 bits per heavy atom. The van der Waals surface area contributed by atoms with Gasteiger partial charge in [-0.2, -0.15) is 0 Å². The number of rotatable bonds is 12. The highest BCUT2D eigenvalue weighted by Crippen LogP contribution is 2.34. The fraction of sp³-hybridized carbons (Fsp3) is 0.517. The van der Waals surface area contributed by atoms with Gasteiger partial charge in [0, 0.05) is 31.1 Å². The fourth-order valence-electron chi connectivity index (χ4n) is 4.53. The van der Waals surface area contributed by atoms with Crippen molar-refractivity contribution in [2.24, 2.45) is 0 Å². The van der Waals surface area contributed by atoms with Crippen molar-refractivity contribution < 1.29 is 32.2 Å². The first-order valence-corrected chi connectivity index (χ1v) is 15.3. The quantitative estimate of drug-likeness (QED) is 0.410. The summed E-state index contributed by atoms with van der Waals surface area (Å²) in [4.78, 5) is 28.4. The van der Waals surface area contributed by atoms with E-state index in [0.29, 0.717) is 42.6 Å². The Balaban J connectivity index is 1.80. The Morgan fingerprint density at radius 3 is 2.40 bits per heavy atom. The second kappa shape index (κ2) is 13.3. The molecule has 0 spiro atoms. The predicted molar refractivity (Wildman–Crippen MR) is 154 cm³/mol. The van der Waals surface area contributed by atoms with Crippen molar-refractivity contribution in [2.45, 2.75) is 65.1 Å². The van der Waals surface area contributed by atoms with Crippen LogP contribution in [-0.2, 0) is 26.2 Å². The van der Waals surface area contributed by atoms with Gasteiger partial charge >= 0.3 is 0 Å². The summed E-state index contributed by atoms with van der Waals surface area (Å²) in [6.07, 6.45) is 1.86. The second-order valence-electron chi connectivity index (χ2n) is 10.8.